The maximum Gasteiger partial charge on any atom is 0.372 e. The fourth-order valence-corrected chi connectivity index (χ4v) is 0.229. The smallest absolute Gasteiger partial charge is 0.372 e. The third-order valence-electron chi connectivity index (χ3n) is 0.537. The minimum atomic E-state index is -0.663. The Hall–Kier alpha value is -1.39. The zero-order valence-corrected chi connectivity index (χ0v) is 5.77. The average Bonchev–Trinajstić information content (AvgIpc) is 1.97. The second-order valence-electron chi connectivity index (χ2n) is 1.22. The van der Waals surface area contributed by atoms with E-state index in [0.29, 0.717) is 0 Å². The molecule has 0 N–H and O–H groups in total. The molecule has 0 bridgehead atoms. The van der Waals surface area contributed by atoms with Crippen molar-refractivity contribution < 1.29 is 14.3 Å². The molecule has 56 valence electrons. The van der Waals surface area contributed by atoms with E-state index < -0.39 is 6.03 Å². The lowest BCUT2D eigenvalue weighted by Gasteiger charge is -1.84. The highest BCUT2D eigenvalue weighted by Gasteiger charge is 1.87. The van der Waals surface area contributed by atoms with Gasteiger partial charge in [-0.3, -0.25) is 0 Å². The summed E-state index contributed by atoms with van der Waals surface area (Å²) in [6, 6.07) is -0.663. The number of carbonyl (C=O) groups excluding carboxylic acids is 1. The zero-order chi connectivity index (χ0) is 7.82. The minimum Gasteiger partial charge on any atom is -0.486 e. The number of methoxy groups -OCH3 is 2. The van der Waals surface area contributed by atoms with Crippen LogP contribution >= 0.6 is 0 Å². The van der Waals surface area contributed by atoms with E-state index in [1.165, 1.54) is 14.2 Å². The molecule has 0 aliphatic heterocycles. The van der Waals surface area contributed by atoms with E-state index in [1.54, 1.807) is 0 Å². The Bertz CT molecular complexity index is 137. The molecule has 0 spiro atoms. The van der Waals surface area contributed by atoms with E-state index in [9.17, 15) is 4.79 Å². The first-order chi connectivity index (χ1) is 4.81. The molecule has 0 radical (unpaired) electrons. The fourth-order valence-electron chi connectivity index (χ4n) is 0.229. The quantitative estimate of drug-likeness (QED) is 0.417. The van der Waals surface area contributed by atoms with Crippen LogP contribution in [0.5, 0.6) is 0 Å². The molecule has 0 aliphatic carbocycles. The third-order valence-corrected chi connectivity index (χ3v) is 0.537. The van der Waals surface area contributed by atoms with E-state index in [0.717, 1.165) is 12.8 Å². The first-order valence-electron chi connectivity index (χ1n) is 2.46. The van der Waals surface area contributed by atoms with Crippen LogP contribution in [0.3, 0.4) is 0 Å². The van der Waals surface area contributed by atoms with Gasteiger partial charge < -0.3 is 9.47 Å². The van der Waals surface area contributed by atoms with Crippen molar-refractivity contribution in [3.05, 3.63) is 0 Å². The number of carbonyl (C=O) groups is 1. The highest BCUT2D eigenvalue weighted by molar-refractivity contribution is 5.86. The van der Waals surface area contributed by atoms with E-state index in [4.69, 9.17) is 0 Å². The van der Waals surface area contributed by atoms with Crippen molar-refractivity contribution in [1.82, 2.24) is 0 Å². The van der Waals surface area contributed by atoms with Crippen LogP contribution in [0.1, 0.15) is 0 Å². The molecular formula is C5H8N2O3. The Balaban J connectivity index is 3.63. The number of hydrogen-bond donors (Lipinski definition) is 0. The highest BCUT2D eigenvalue weighted by Crippen LogP contribution is 1.78. The van der Waals surface area contributed by atoms with Crippen molar-refractivity contribution in [1.29, 1.82) is 0 Å². The van der Waals surface area contributed by atoms with Gasteiger partial charge in [-0.05, 0) is 0 Å². The number of aliphatic imine (C=N–C) groups is 2. The summed E-state index contributed by atoms with van der Waals surface area (Å²) in [4.78, 5) is 16.8. The maximum atomic E-state index is 10.4. The third kappa shape index (κ3) is 4.76. The Morgan fingerprint density at radius 1 is 1.20 bits per heavy atom. The van der Waals surface area contributed by atoms with Gasteiger partial charge in [0.2, 0.25) is 0 Å². The van der Waals surface area contributed by atoms with Crippen molar-refractivity contribution in [2.75, 3.05) is 14.2 Å². The van der Waals surface area contributed by atoms with Crippen molar-refractivity contribution in [2.45, 2.75) is 0 Å². The van der Waals surface area contributed by atoms with Gasteiger partial charge in [-0.15, -0.1) is 0 Å². The summed E-state index contributed by atoms with van der Waals surface area (Å²) in [6.45, 7) is 0. The van der Waals surface area contributed by atoms with Gasteiger partial charge in [0.25, 0.3) is 0 Å². The summed E-state index contributed by atoms with van der Waals surface area (Å²) >= 11 is 0. The topological polar surface area (TPSA) is 60.2 Å². The van der Waals surface area contributed by atoms with Gasteiger partial charge in [0.05, 0.1) is 14.2 Å². The lowest BCUT2D eigenvalue weighted by Crippen LogP contribution is -1.88. The number of amides is 2. The van der Waals surface area contributed by atoms with E-state index in [-0.39, 0.29) is 0 Å². The van der Waals surface area contributed by atoms with Gasteiger partial charge in [0.1, 0.15) is 0 Å². The van der Waals surface area contributed by atoms with Crippen molar-refractivity contribution in [2.24, 2.45) is 9.98 Å². The van der Waals surface area contributed by atoms with Crippen molar-refractivity contribution >= 4 is 18.8 Å². The lowest BCUT2D eigenvalue weighted by molar-refractivity contribution is 0.256. The largest absolute Gasteiger partial charge is 0.486 e. The number of ether oxygens (including phenoxy) is 2. The predicted octanol–water partition coefficient (Wildman–Crippen LogP) is 0.456. The number of urea groups is 1. The van der Waals surface area contributed by atoms with E-state index >= 15 is 0 Å². The van der Waals surface area contributed by atoms with Crippen LogP contribution < -0.4 is 0 Å². The Morgan fingerprint density at radius 3 is 1.90 bits per heavy atom. The van der Waals surface area contributed by atoms with Gasteiger partial charge >= 0.3 is 6.03 Å². The first-order valence-corrected chi connectivity index (χ1v) is 2.46. The van der Waals surface area contributed by atoms with Gasteiger partial charge in [-0.2, -0.15) is 9.98 Å². The highest BCUT2D eigenvalue weighted by atomic mass is 16.5. The van der Waals surface area contributed by atoms with Crippen LogP contribution in [0.2, 0.25) is 0 Å². The van der Waals surface area contributed by atoms with Crippen LogP contribution in [-0.2, 0) is 9.47 Å². The molecule has 0 aliphatic rings. The first kappa shape index (κ1) is 8.61. The van der Waals surface area contributed by atoms with Crippen molar-refractivity contribution in [3.63, 3.8) is 0 Å². The Kier molecular flexibility index (Phi) is 4.94. The van der Waals surface area contributed by atoms with Crippen LogP contribution in [0.4, 0.5) is 4.79 Å². The summed E-state index contributed by atoms with van der Waals surface area (Å²) < 4.78 is 8.73. The summed E-state index contributed by atoms with van der Waals surface area (Å²) in [5.74, 6) is 0. The summed E-state index contributed by atoms with van der Waals surface area (Å²) in [5.41, 5.74) is 0. The molecule has 0 aromatic carbocycles. The minimum absolute atomic E-state index is 0.663. The molecule has 0 aromatic heterocycles. The van der Waals surface area contributed by atoms with Gasteiger partial charge in [0, 0.05) is 0 Å². The van der Waals surface area contributed by atoms with Crippen LogP contribution in [0, 0.1) is 0 Å². The molecule has 2 amide bonds. The standard InChI is InChI=1S/C5H8N2O3/c1-9-3-6-5(8)7-4-10-2/h3-4H,1-2H3. The fraction of sp³-hybridized carbons (Fsp3) is 0.400. The molecule has 0 unspecified atom stereocenters. The molecule has 0 aromatic rings. The molecule has 0 saturated carbocycles. The van der Waals surface area contributed by atoms with Crippen LogP contribution in [0.15, 0.2) is 9.98 Å². The molecule has 10 heavy (non-hydrogen) atoms. The molecule has 5 heteroatoms. The summed E-state index contributed by atoms with van der Waals surface area (Å²) in [5, 5.41) is 0. The number of hydrogen-bond acceptors (Lipinski definition) is 3. The second kappa shape index (κ2) is 5.74. The van der Waals surface area contributed by atoms with Crippen molar-refractivity contribution in [3.8, 4) is 0 Å². The average molecular weight is 144 g/mol. The van der Waals surface area contributed by atoms with Crippen LogP contribution in [-0.4, -0.2) is 33.1 Å². The molecule has 0 atom stereocenters. The SMILES string of the molecule is COC=NC(=O)N=COC. The van der Waals surface area contributed by atoms with E-state index in [1.807, 2.05) is 0 Å². The van der Waals surface area contributed by atoms with Gasteiger partial charge in [-0.1, -0.05) is 0 Å². The normalized spacial score (nSPS) is 10.6. The second-order valence-corrected chi connectivity index (χ2v) is 1.22. The van der Waals surface area contributed by atoms with Gasteiger partial charge in [0.15, 0.2) is 12.8 Å². The van der Waals surface area contributed by atoms with Crippen LogP contribution in [0.25, 0.3) is 0 Å². The number of rotatable bonds is 2. The molecule has 5 nitrogen and oxygen atoms in total. The number of nitrogens with zero attached hydrogens (tertiary/aromatic N) is 2. The molecule has 0 heterocycles. The summed E-state index contributed by atoms with van der Waals surface area (Å²) in [6.07, 6.45) is 1.99. The maximum absolute atomic E-state index is 10.4. The zero-order valence-electron chi connectivity index (χ0n) is 5.77. The van der Waals surface area contributed by atoms with Gasteiger partial charge in [-0.25, -0.2) is 4.79 Å². The van der Waals surface area contributed by atoms with E-state index in [2.05, 4.69) is 19.5 Å². The molecule has 0 rings (SSSR count). The lowest BCUT2D eigenvalue weighted by atomic mass is 11.0. The Morgan fingerprint density at radius 2 is 1.60 bits per heavy atom. The summed E-state index contributed by atoms with van der Waals surface area (Å²) in [7, 11) is 2.77. The molecule has 0 fully saturated rings. The monoisotopic (exact) mass is 144 g/mol. The molecular weight excluding hydrogens is 136 g/mol. The predicted molar refractivity (Wildman–Crippen MR) is 36.4 cm³/mol. The molecule has 0 saturated heterocycles. The Labute approximate surface area is 58.4 Å².